The molecule has 0 unspecified atom stereocenters. The topological polar surface area (TPSA) is 82.1 Å². The molecule has 0 aliphatic carbocycles. The Kier molecular flexibility index (Phi) is 6.83. The quantitative estimate of drug-likeness (QED) is 0.446. The molecule has 33 heavy (non-hydrogen) atoms. The standard InChI is InChI=1S/C22H24F3NO6S/c1-21(2,3)31-20(27)26-10-9-16-11-19(32-33(28,29)22(23,24)25)18(12-17(16)13-26)30-14-15-7-5-4-6-8-15/h4-8,11-12H,9-10,13-14H2,1-3H3. The third kappa shape index (κ3) is 6.31. The minimum Gasteiger partial charge on any atom is -0.485 e. The third-order valence-corrected chi connectivity index (χ3v) is 5.62. The second kappa shape index (κ2) is 9.12. The molecular formula is C22H24F3NO6S. The molecule has 7 nitrogen and oxygen atoms in total. The van der Waals surface area contributed by atoms with Crippen LogP contribution in [0.5, 0.6) is 11.5 Å². The molecule has 1 aliphatic rings. The molecule has 0 fully saturated rings. The smallest absolute Gasteiger partial charge is 0.485 e. The highest BCUT2D eigenvalue weighted by molar-refractivity contribution is 7.88. The van der Waals surface area contributed by atoms with Gasteiger partial charge >= 0.3 is 21.7 Å². The molecule has 2 aromatic rings. The second-order valence-electron chi connectivity index (χ2n) is 8.48. The Balaban J connectivity index is 1.91. The average molecular weight is 487 g/mol. The summed E-state index contributed by atoms with van der Waals surface area (Å²) in [5.41, 5.74) is -4.42. The molecule has 0 N–H and O–H groups in total. The fourth-order valence-electron chi connectivity index (χ4n) is 3.13. The van der Waals surface area contributed by atoms with Gasteiger partial charge in [-0.3, -0.25) is 0 Å². The molecule has 0 saturated heterocycles. The predicted octanol–water partition coefficient (Wildman–Crippen LogP) is 4.79. The van der Waals surface area contributed by atoms with Gasteiger partial charge < -0.3 is 18.6 Å². The van der Waals surface area contributed by atoms with Crippen LogP contribution in [0.4, 0.5) is 18.0 Å². The molecule has 1 aliphatic heterocycles. The monoisotopic (exact) mass is 487 g/mol. The first-order chi connectivity index (χ1) is 15.2. The fourth-order valence-corrected chi connectivity index (χ4v) is 3.59. The van der Waals surface area contributed by atoms with Gasteiger partial charge in [0.25, 0.3) is 0 Å². The number of hydrogen-bond acceptors (Lipinski definition) is 6. The van der Waals surface area contributed by atoms with Crippen molar-refractivity contribution in [1.29, 1.82) is 0 Å². The summed E-state index contributed by atoms with van der Waals surface area (Å²) >= 11 is 0. The first-order valence-corrected chi connectivity index (χ1v) is 11.5. The van der Waals surface area contributed by atoms with Crippen LogP contribution >= 0.6 is 0 Å². The van der Waals surface area contributed by atoms with E-state index in [1.165, 1.54) is 17.0 Å². The van der Waals surface area contributed by atoms with E-state index in [0.717, 1.165) is 5.56 Å². The molecule has 0 bridgehead atoms. The van der Waals surface area contributed by atoms with Crippen molar-refractivity contribution in [2.75, 3.05) is 6.54 Å². The van der Waals surface area contributed by atoms with E-state index in [-0.39, 0.29) is 31.9 Å². The highest BCUT2D eigenvalue weighted by Gasteiger charge is 2.49. The van der Waals surface area contributed by atoms with Gasteiger partial charge in [-0.1, -0.05) is 30.3 Å². The zero-order valence-corrected chi connectivity index (χ0v) is 19.1. The number of rotatable bonds is 5. The van der Waals surface area contributed by atoms with E-state index in [2.05, 4.69) is 4.18 Å². The minimum absolute atomic E-state index is 0.0299. The van der Waals surface area contributed by atoms with Crippen molar-refractivity contribution < 1.29 is 40.0 Å². The van der Waals surface area contributed by atoms with Crippen molar-refractivity contribution in [2.45, 2.75) is 51.5 Å². The minimum atomic E-state index is -5.89. The summed E-state index contributed by atoms with van der Waals surface area (Å²) in [5, 5.41) is 0. The number of carbonyl (C=O) groups is 1. The van der Waals surface area contributed by atoms with Gasteiger partial charge in [-0.15, -0.1) is 0 Å². The number of carbonyl (C=O) groups excluding carboxylic acids is 1. The van der Waals surface area contributed by atoms with Crippen LogP contribution in [0.25, 0.3) is 0 Å². The lowest BCUT2D eigenvalue weighted by atomic mass is 9.99. The van der Waals surface area contributed by atoms with Crippen LogP contribution in [-0.4, -0.2) is 37.1 Å². The Morgan fingerprint density at radius 1 is 1.03 bits per heavy atom. The molecular weight excluding hydrogens is 463 g/mol. The normalized spacial score (nSPS) is 14.4. The molecule has 1 heterocycles. The summed E-state index contributed by atoms with van der Waals surface area (Å²) in [4.78, 5) is 13.9. The van der Waals surface area contributed by atoms with E-state index in [4.69, 9.17) is 9.47 Å². The van der Waals surface area contributed by atoms with Gasteiger partial charge in [-0.05, 0) is 56.0 Å². The van der Waals surface area contributed by atoms with E-state index in [1.807, 2.05) is 0 Å². The summed E-state index contributed by atoms with van der Waals surface area (Å²) in [7, 11) is -5.89. The van der Waals surface area contributed by atoms with Crippen LogP contribution in [0.1, 0.15) is 37.5 Å². The van der Waals surface area contributed by atoms with Crippen LogP contribution in [0, 0.1) is 0 Å². The summed E-state index contributed by atoms with van der Waals surface area (Å²) < 4.78 is 77.4. The Labute approximate surface area is 190 Å². The molecule has 0 aromatic heterocycles. The van der Waals surface area contributed by atoms with Crippen molar-refractivity contribution in [1.82, 2.24) is 4.90 Å². The van der Waals surface area contributed by atoms with Gasteiger partial charge in [-0.25, -0.2) is 4.79 Å². The third-order valence-electron chi connectivity index (χ3n) is 4.65. The maximum absolute atomic E-state index is 12.9. The van der Waals surface area contributed by atoms with Crippen LogP contribution in [-0.2, 0) is 34.4 Å². The number of nitrogens with zero attached hydrogens (tertiary/aromatic N) is 1. The van der Waals surface area contributed by atoms with Gasteiger partial charge in [0.05, 0.1) is 0 Å². The summed E-state index contributed by atoms with van der Waals surface area (Å²) in [5.74, 6) is -0.746. The maximum atomic E-state index is 12.9. The number of benzene rings is 2. The first kappa shape index (κ1) is 24.7. The molecule has 11 heteroatoms. The second-order valence-corrected chi connectivity index (χ2v) is 10.0. The highest BCUT2D eigenvalue weighted by atomic mass is 32.2. The van der Waals surface area contributed by atoms with Crippen LogP contribution in [0.15, 0.2) is 42.5 Å². The number of alkyl halides is 3. The Hall–Kier alpha value is -2.95. The Bertz CT molecular complexity index is 1110. The van der Waals surface area contributed by atoms with E-state index >= 15 is 0 Å². The van der Waals surface area contributed by atoms with Crippen LogP contribution in [0.3, 0.4) is 0 Å². The largest absolute Gasteiger partial charge is 0.534 e. The van der Waals surface area contributed by atoms with Crippen LogP contribution in [0.2, 0.25) is 0 Å². The molecule has 2 aromatic carbocycles. The number of ether oxygens (including phenoxy) is 2. The van der Waals surface area contributed by atoms with Crippen molar-refractivity contribution in [3.05, 3.63) is 59.2 Å². The summed E-state index contributed by atoms with van der Waals surface area (Å²) in [6.45, 7) is 5.56. The van der Waals surface area contributed by atoms with Crippen molar-refractivity contribution >= 4 is 16.2 Å². The van der Waals surface area contributed by atoms with E-state index < -0.39 is 33.1 Å². The van der Waals surface area contributed by atoms with Crippen LogP contribution < -0.4 is 8.92 Å². The lowest BCUT2D eigenvalue weighted by Crippen LogP contribution is -2.39. The number of fused-ring (bicyclic) bond motifs is 1. The Morgan fingerprint density at radius 2 is 1.67 bits per heavy atom. The number of halogens is 3. The zero-order valence-electron chi connectivity index (χ0n) is 18.3. The first-order valence-electron chi connectivity index (χ1n) is 10.1. The fraction of sp³-hybridized carbons (Fsp3) is 0.409. The lowest BCUT2D eigenvalue weighted by molar-refractivity contribution is -0.0500. The van der Waals surface area contributed by atoms with Gasteiger partial charge in [0.2, 0.25) is 0 Å². The number of amides is 1. The van der Waals surface area contributed by atoms with Gasteiger partial charge in [0.15, 0.2) is 11.5 Å². The molecule has 1 amide bonds. The molecule has 180 valence electrons. The van der Waals surface area contributed by atoms with Gasteiger partial charge in [0, 0.05) is 13.1 Å². The SMILES string of the molecule is CC(C)(C)OC(=O)N1CCc2cc(OS(=O)(=O)C(F)(F)F)c(OCc3ccccc3)cc2C1. The van der Waals surface area contributed by atoms with Crippen molar-refractivity contribution in [3.63, 3.8) is 0 Å². The molecule has 3 rings (SSSR count). The van der Waals surface area contributed by atoms with Crippen molar-refractivity contribution in [2.24, 2.45) is 0 Å². The molecule has 0 atom stereocenters. The maximum Gasteiger partial charge on any atom is 0.534 e. The zero-order chi connectivity index (χ0) is 24.4. The molecule has 0 saturated carbocycles. The average Bonchev–Trinajstić information content (AvgIpc) is 2.70. The summed E-state index contributed by atoms with van der Waals surface area (Å²) in [6.07, 6.45) is -0.254. The van der Waals surface area contributed by atoms with Gasteiger partial charge in [-0.2, -0.15) is 21.6 Å². The van der Waals surface area contributed by atoms with E-state index in [0.29, 0.717) is 11.1 Å². The number of hydrogen-bond donors (Lipinski definition) is 0. The predicted molar refractivity (Wildman–Crippen MR) is 113 cm³/mol. The lowest BCUT2D eigenvalue weighted by Gasteiger charge is -2.31. The van der Waals surface area contributed by atoms with E-state index in [1.54, 1.807) is 51.1 Å². The molecule has 0 radical (unpaired) electrons. The summed E-state index contributed by atoms with van der Waals surface area (Å²) in [6, 6.07) is 11.4. The highest BCUT2D eigenvalue weighted by Crippen LogP contribution is 2.37. The van der Waals surface area contributed by atoms with Gasteiger partial charge in [0.1, 0.15) is 12.2 Å². The Morgan fingerprint density at radius 3 is 2.27 bits per heavy atom. The van der Waals surface area contributed by atoms with Crippen molar-refractivity contribution in [3.8, 4) is 11.5 Å². The van der Waals surface area contributed by atoms with E-state index in [9.17, 15) is 26.4 Å². The molecule has 0 spiro atoms.